The molecule has 0 aromatic heterocycles. The molecule has 0 spiro atoms. The standard InChI is InChI=1S/C51H74N4O8S4/c1-15-52(64(56,57)48-38(7)23-34(3)24-39(48)8)19-17-21-54(66(60,61)50-42(11)27-36(5)28-43(50)12)32-46-31-47(46)33-55(67(62,63)51-44(13)29-37(6)30-45(51)14)22-18-20-53(16-2)65(58,59)49-40(9)25-35(4)26-41(49)10/h23-30,46-47H,15-22,31-33H2,1-14H3/t46-,47-/m1/s1. The van der Waals surface area contributed by atoms with Crippen LogP contribution in [-0.2, 0) is 40.1 Å². The Morgan fingerprint density at radius 2 is 0.552 bits per heavy atom. The molecule has 0 heterocycles. The lowest BCUT2D eigenvalue weighted by Crippen LogP contribution is -2.39. The van der Waals surface area contributed by atoms with Gasteiger partial charge in [-0.3, -0.25) is 0 Å². The van der Waals surface area contributed by atoms with Gasteiger partial charge in [0.15, 0.2) is 0 Å². The minimum Gasteiger partial charge on any atom is -0.207 e. The van der Waals surface area contributed by atoms with Crippen LogP contribution in [0.4, 0.5) is 0 Å². The zero-order valence-electron chi connectivity index (χ0n) is 42.2. The molecule has 370 valence electrons. The Morgan fingerprint density at radius 3 is 0.761 bits per heavy atom. The van der Waals surface area contributed by atoms with Crippen LogP contribution >= 0.6 is 0 Å². The van der Waals surface area contributed by atoms with E-state index in [1.807, 2.05) is 76.2 Å². The predicted molar refractivity (Wildman–Crippen MR) is 270 cm³/mol. The number of aryl methyl sites for hydroxylation is 12. The van der Waals surface area contributed by atoms with Crippen LogP contribution in [0, 0.1) is 94.9 Å². The lowest BCUT2D eigenvalue weighted by atomic mass is 10.1. The molecule has 67 heavy (non-hydrogen) atoms. The molecule has 12 nitrogen and oxygen atoms in total. The quantitative estimate of drug-likeness (QED) is 0.0758. The van der Waals surface area contributed by atoms with Crippen molar-refractivity contribution in [2.24, 2.45) is 11.8 Å². The van der Waals surface area contributed by atoms with Crippen molar-refractivity contribution in [2.75, 3.05) is 52.4 Å². The third kappa shape index (κ3) is 11.9. The zero-order valence-corrected chi connectivity index (χ0v) is 45.5. The number of benzene rings is 4. The minimum atomic E-state index is -4.08. The smallest absolute Gasteiger partial charge is 0.207 e. The van der Waals surface area contributed by atoms with Crippen LogP contribution in [-0.4, -0.2) is 103 Å². The number of nitrogens with zero attached hydrogens (tertiary/aromatic N) is 4. The summed E-state index contributed by atoms with van der Waals surface area (Å²) in [5.41, 5.74) is 8.94. The van der Waals surface area contributed by atoms with Crippen LogP contribution in [0.1, 0.15) is 99.9 Å². The fourth-order valence-electron chi connectivity index (χ4n) is 10.5. The predicted octanol–water partition coefficient (Wildman–Crippen LogP) is 8.91. The van der Waals surface area contributed by atoms with Crippen LogP contribution < -0.4 is 0 Å². The monoisotopic (exact) mass is 998 g/mol. The third-order valence-electron chi connectivity index (χ3n) is 13.1. The third-order valence-corrected chi connectivity index (χ3v) is 22.0. The van der Waals surface area contributed by atoms with E-state index in [1.165, 1.54) is 17.2 Å². The molecule has 1 fully saturated rings. The van der Waals surface area contributed by atoms with Gasteiger partial charge in [0.05, 0.1) is 19.6 Å². The van der Waals surface area contributed by atoms with E-state index in [1.54, 1.807) is 69.2 Å². The van der Waals surface area contributed by atoms with Crippen LogP contribution in [0.3, 0.4) is 0 Å². The highest BCUT2D eigenvalue weighted by atomic mass is 32.2. The Bertz CT molecular complexity index is 2660. The first-order chi connectivity index (χ1) is 31.1. The molecule has 16 heteroatoms. The Morgan fingerprint density at radius 1 is 0.358 bits per heavy atom. The molecule has 2 atom stereocenters. The van der Waals surface area contributed by atoms with Crippen molar-refractivity contribution in [1.82, 2.24) is 17.2 Å². The van der Waals surface area contributed by atoms with Crippen molar-refractivity contribution >= 4 is 40.1 Å². The summed E-state index contributed by atoms with van der Waals surface area (Å²) in [6.45, 7) is 26.6. The van der Waals surface area contributed by atoms with Crippen molar-refractivity contribution in [3.63, 3.8) is 0 Å². The highest BCUT2D eigenvalue weighted by molar-refractivity contribution is 7.90. The minimum absolute atomic E-state index is 0.0568. The molecular weight excluding hydrogens is 925 g/mol. The lowest BCUT2D eigenvalue weighted by Gasteiger charge is -2.28. The topological polar surface area (TPSA) is 150 Å². The molecule has 0 saturated heterocycles. The molecule has 0 radical (unpaired) electrons. The van der Waals surface area contributed by atoms with Gasteiger partial charge in [-0.2, -0.15) is 17.2 Å². The molecule has 1 aliphatic rings. The zero-order chi connectivity index (χ0) is 50.1. The van der Waals surface area contributed by atoms with Gasteiger partial charge in [-0.25, -0.2) is 33.7 Å². The van der Waals surface area contributed by atoms with Gasteiger partial charge < -0.3 is 0 Å². The maximum atomic E-state index is 14.8. The average molecular weight is 999 g/mol. The first-order valence-corrected chi connectivity index (χ1v) is 29.2. The normalized spacial score (nSPS) is 16.0. The van der Waals surface area contributed by atoms with Gasteiger partial charge in [0, 0.05) is 52.4 Å². The van der Waals surface area contributed by atoms with Gasteiger partial charge in [-0.05, 0) is 159 Å². The van der Waals surface area contributed by atoms with E-state index in [9.17, 15) is 33.7 Å². The summed E-state index contributed by atoms with van der Waals surface area (Å²) in [4.78, 5) is 0.989. The molecule has 1 saturated carbocycles. The van der Waals surface area contributed by atoms with E-state index in [4.69, 9.17) is 0 Å². The molecule has 0 bridgehead atoms. The van der Waals surface area contributed by atoms with Crippen molar-refractivity contribution < 1.29 is 33.7 Å². The molecule has 0 unspecified atom stereocenters. The molecule has 0 amide bonds. The SMILES string of the molecule is CCN(CCCN(C[C@H]1C[C@@H]1CN(CCCN(CC)S(=O)(=O)c1c(C)cc(C)cc1C)S(=O)(=O)c1c(C)cc(C)cc1C)S(=O)(=O)c1c(C)cc(C)cc1C)S(=O)(=O)c1c(C)cc(C)cc1C. The summed E-state index contributed by atoms with van der Waals surface area (Å²) in [6, 6.07) is 14.8. The van der Waals surface area contributed by atoms with Gasteiger partial charge >= 0.3 is 0 Å². The highest BCUT2D eigenvalue weighted by Gasteiger charge is 2.44. The van der Waals surface area contributed by atoms with Gasteiger partial charge in [0.25, 0.3) is 0 Å². The first-order valence-electron chi connectivity index (χ1n) is 23.4. The van der Waals surface area contributed by atoms with E-state index >= 15 is 0 Å². The second-order valence-corrected chi connectivity index (χ2v) is 26.6. The van der Waals surface area contributed by atoms with Crippen LogP contribution in [0.5, 0.6) is 0 Å². The number of sulfonamides is 4. The highest BCUT2D eigenvalue weighted by Crippen LogP contribution is 2.42. The summed E-state index contributed by atoms with van der Waals surface area (Å²) in [5.74, 6) is -0.356. The molecular formula is C51H74N4O8S4. The number of hydrogen-bond donors (Lipinski definition) is 0. The van der Waals surface area contributed by atoms with Crippen LogP contribution in [0.2, 0.25) is 0 Å². The molecule has 0 N–H and O–H groups in total. The van der Waals surface area contributed by atoms with Gasteiger partial charge in [-0.1, -0.05) is 84.6 Å². The Hall–Kier alpha value is -3.48. The summed E-state index contributed by atoms with van der Waals surface area (Å²) >= 11 is 0. The summed E-state index contributed by atoms with van der Waals surface area (Å²) < 4.78 is 121. The summed E-state index contributed by atoms with van der Waals surface area (Å²) in [5, 5.41) is 0. The first kappa shape index (κ1) is 54.5. The summed E-state index contributed by atoms with van der Waals surface area (Å²) in [6.07, 6.45) is 1.06. The number of rotatable bonds is 22. The molecule has 4 aromatic carbocycles. The second-order valence-electron chi connectivity index (χ2n) is 19.1. The van der Waals surface area contributed by atoms with E-state index < -0.39 is 40.1 Å². The molecule has 0 aliphatic heterocycles. The second kappa shape index (κ2) is 21.3. The van der Waals surface area contributed by atoms with Crippen LogP contribution in [0.15, 0.2) is 68.1 Å². The average Bonchev–Trinajstić information content (AvgIpc) is 3.91. The fourth-order valence-corrected chi connectivity index (χ4v) is 18.1. The molecule has 1 aliphatic carbocycles. The Labute approximate surface area is 404 Å². The number of hydrogen-bond acceptors (Lipinski definition) is 8. The van der Waals surface area contributed by atoms with E-state index in [-0.39, 0.29) is 96.6 Å². The van der Waals surface area contributed by atoms with Gasteiger partial charge in [0.2, 0.25) is 40.1 Å². The van der Waals surface area contributed by atoms with Crippen molar-refractivity contribution in [3.05, 3.63) is 115 Å². The summed E-state index contributed by atoms with van der Waals surface area (Å²) in [7, 11) is -15.9. The maximum absolute atomic E-state index is 14.8. The van der Waals surface area contributed by atoms with Crippen molar-refractivity contribution in [2.45, 2.75) is 136 Å². The fraction of sp³-hybridized carbons (Fsp3) is 0.529. The molecule has 5 rings (SSSR count). The Balaban J connectivity index is 1.43. The van der Waals surface area contributed by atoms with Crippen LogP contribution in [0.25, 0.3) is 0 Å². The van der Waals surface area contributed by atoms with E-state index in [0.29, 0.717) is 50.9 Å². The lowest BCUT2D eigenvalue weighted by molar-refractivity contribution is 0.332. The van der Waals surface area contributed by atoms with Gasteiger partial charge in [0.1, 0.15) is 0 Å². The van der Waals surface area contributed by atoms with Crippen molar-refractivity contribution in [3.8, 4) is 0 Å². The Kier molecular flexibility index (Phi) is 17.3. The van der Waals surface area contributed by atoms with E-state index in [2.05, 4.69) is 0 Å². The maximum Gasteiger partial charge on any atom is 0.243 e. The van der Waals surface area contributed by atoms with E-state index in [0.717, 1.165) is 22.3 Å². The van der Waals surface area contributed by atoms with Gasteiger partial charge in [-0.15, -0.1) is 0 Å². The van der Waals surface area contributed by atoms with Crippen molar-refractivity contribution in [1.29, 1.82) is 0 Å². The largest absolute Gasteiger partial charge is 0.243 e. The molecule has 4 aromatic rings.